The molecular formula is C19H46N2O5SSi2. The lowest BCUT2D eigenvalue weighted by atomic mass is 10.2. The van der Waals surface area contributed by atoms with Gasteiger partial charge in [-0.25, -0.2) is 0 Å². The van der Waals surface area contributed by atoms with Gasteiger partial charge in [0.1, 0.15) is 4.99 Å². The molecule has 10 heteroatoms. The van der Waals surface area contributed by atoms with Gasteiger partial charge in [-0.2, -0.15) is 0 Å². The summed E-state index contributed by atoms with van der Waals surface area (Å²) < 4.78 is 28.1. The van der Waals surface area contributed by atoms with E-state index in [0.29, 0.717) is 0 Å². The van der Waals surface area contributed by atoms with Crippen LogP contribution in [0.4, 0.5) is 0 Å². The molecule has 0 aromatic rings. The molecule has 0 aromatic heterocycles. The topological polar surface area (TPSA) is 61.4 Å². The fourth-order valence-electron chi connectivity index (χ4n) is 3.63. The fourth-order valence-corrected chi connectivity index (χ4v) is 8.15. The molecule has 0 saturated carbocycles. The summed E-state index contributed by atoms with van der Waals surface area (Å²) in [5, 5.41) is 3.88. The van der Waals surface area contributed by atoms with E-state index in [1.54, 1.807) is 35.5 Å². The summed E-state index contributed by atoms with van der Waals surface area (Å²) in [5.41, 5.74) is 0. The van der Waals surface area contributed by atoms with Crippen molar-refractivity contribution in [2.75, 3.05) is 60.9 Å². The van der Waals surface area contributed by atoms with Crippen LogP contribution in [0.1, 0.15) is 40.0 Å². The third kappa shape index (κ3) is 9.26. The summed E-state index contributed by atoms with van der Waals surface area (Å²) in [4.78, 5) is 2.44. The molecule has 176 valence electrons. The normalized spacial score (nSPS) is 15.1. The quantitative estimate of drug-likeness (QED) is 0.174. The van der Waals surface area contributed by atoms with Gasteiger partial charge >= 0.3 is 17.4 Å². The monoisotopic (exact) mass is 470 g/mol. The highest BCUT2D eigenvalue weighted by atomic mass is 32.2. The van der Waals surface area contributed by atoms with Crippen molar-refractivity contribution >= 4 is 29.1 Å². The number of hydrogen-bond acceptors (Lipinski definition) is 8. The second-order valence-electron chi connectivity index (χ2n) is 7.11. The van der Waals surface area contributed by atoms with Crippen LogP contribution >= 0.6 is 11.8 Å². The first-order chi connectivity index (χ1) is 13.8. The Kier molecular flexibility index (Phi) is 15.6. The van der Waals surface area contributed by atoms with Gasteiger partial charge in [-0.3, -0.25) is 10.2 Å². The molecular weight excluding hydrogens is 424 g/mol. The van der Waals surface area contributed by atoms with Crippen LogP contribution in [0.3, 0.4) is 0 Å². The zero-order chi connectivity index (χ0) is 22.4. The number of thioether (sulfide) groups is 1. The molecule has 0 bridgehead atoms. The second kappa shape index (κ2) is 15.3. The van der Waals surface area contributed by atoms with Crippen LogP contribution in [0.5, 0.6) is 0 Å². The van der Waals surface area contributed by atoms with E-state index in [2.05, 4.69) is 37.5 Å². The van der Waals surface area contributed by atoms with Gasteiger partial charge in [0, 0.05) is 41.6 Å². The molecule has 0 amide bonds. The maximum absolute atomic E-state index is 5.69. The molecule has 0 spiro atoms. The Labute approximate surface area is 186 Å². The molecule has 1 atom stereocenters. The summed E-state index contributed by atoms with van der Waals surface area (Å²) >= 11 is 1.99. The molecule has 29 heavy (non-hydrogen) atoms. The molecule has 0 heterocycles. The van der Waals surface area contributed by atoms with Crippen molar-refractivity contribution in [3.63, 3.8) is 0 Å². The third-order valence-electron chi connectivity index (χ3n) is 5.66. The molecule has 0 saturated heterocycles. The highest BCUT2D eigenvalue weighted by Gasteiger charge is 2.39. The maximum atomic E-state index is 5.69. The van der Waals surface area contributed by atoms with E-state index in [1.165, 1.54) is 0 Å². The lowest BCUT2D eigenvalue weighted by molar-refractivity contribution is 0.119. The van der Waals surface area contributed by atoms with Gasteiger partial charge in [-0.05, 0) is 57.2 Å². The zero-order valence-corrected chi connectivity index (χ0v) is 23.1. The summed E-state index contributed by atoms with van der Waals surface area (Å²) in [6, 6.07) is 1.79. The third-order valence-corrected chi connectivity index (χ3v) is 12.9. The first-order valence-corrected chi connectivity index (χ1v) is 16.1. The average Bonchev–Trinajstić information content (AvgIpc) is 2.75. The molecule has 0 aliphatic carbocycles. The van der Waals surface area contributed by atoms with Gasteiger partial charge in [0.15, 0.2) is 0 Å². The largest absolute Gasteiger partial charge is 0.500 e. The lowest BCUT2D eigenvalue weighted by Crippen LogP contribution is -2.57. The summed E-state index contributed by atoms with van der Waals surface area (Å²) in [6.45, 7) is 11.7. The second-order valence-corrected chi connectivity index (χ2v) is 15.3. The Morgan fingerprint density at radius 1 is 0.828 bits per heavy atom. The highest BCUT2D eigenvalue weighted by molar-refractivity contribution is 8.00. The van der Waals surface area contributed by atoms with Gasteiger partial charge in [0.2, 0.25) is 0 Å². The first-order valence-electron chi connectivity index (χ1n) is 10.7. The van der Waals surface area contributed by atoms with Crippen LogP contribution in [-0.4, -0.2) is 88.2 Å². The molecule has 0 aromatic carbocycles. The molecule has 1 unspecified atom stereocenters. The minimum absolute atomic E-state index is 0.0908. The van der Waals surface area contributed by atoms with Crippen LogP contribution in [0.25, 0.3) is 0 Å². The molecule has 0 aliphatic rings. The summed E-state index contributed by atoms with van der Waals surface area (Å²) in [7, 11) is 3.98. The predicted molar refractivity (Wildman–Crippen MR) is 128 cm³/mol. The van der Waals surface area contributed by atoms with Crippen molar-refractivity contribution in [2.45, 2.75) is 63.7 Å². The predicted octanol–water partition coefficient (Wildman–Crippen LogP) is 3.74. The van der Waals surface area contributed by atoms with Crippen molar-refractivity contribution in [1.82, 2.24) is 10.2 Å². The fraction of sp³-hybridized carbons (Fsp3) is 1.00. The Balaban J connectivity index is 5.16. The molecule has 0 aliphatic heterocycles. The van der Waals surface area contributed by atoms with Crippen LogP contribution in [0, 0.1) is 0 Å². The smallest absolute Gasteiger partial charge is 0.398 e. The Hall–Kier alpha value is 0.504. The summed E-state index contributed by atoms with van der Waals surface area (Å²) in [5.74, 6) is 1.06. The molecule has 0 rings (SSSR count). The Morgan fingerprint density at radius 2 is 1.38 bits per heavy atom. The van der Waals surface area contributed by atoms with E-state index in [4.69, 9.17) is 22.1 Å². The minimum Gasteiger partial charge on any atom is -0.398 e. The van der Waals surface area contributed by atoms with Crippen molar-refractivity contribution in [1.29, 1.82) is 0 Å². The Bertz CT molecular complexity index is 406. The van der Waals surface area contributed by atoms with Gasteiger partial charge in [0.25, 0.3) is 0 Å². The number of hydrogen-bond donors (Lipinski definition) is 1. The van der Waals surface area contributed by atoms with Crippen molar-refractivity contribution < 1.29 is 22.1 Å². The highest BCUT2D eigenvalue weighted by Crippen LogP contribution is 2.33. The molecule has 7 nitrogen and oxygen atoms in total. The summed E-state index contributed by atoms with van der Waals surface area (Å²) in [6.07, 6.45) is 3.05. The van der Waals surface area contributed by atoms with Crippen LogP contribution < -0.4 is 5.32 Å². The van der Waals surface area contributed by atoms with Crippen LogP contribution in [0.2, 0.25) is 18.6 Å². The SMILES string of the molecule is CCSC(CCC[Si](C)(OC)OC)(NCCC[Si](OC)(OC)OC)N(CC)CC. The lowest BCUT2D eigenvalue weighted by Gasteiger charge is -2.44. The van der Waals surface area contributed by atoms with Crippen molar-refractivity contribution in [2.24, 2.45) is 0 Å². The molecule has 0 fully saturated rings. The van der Waals surface area contributed by atoms with Crippen molar-refractivity contribution in [3.8, 4) is 0 Å². The van der Waals surface area contributed by atoms with Gasteiger partial charge in [0.05, 0.1) is 0 Å². The van der Waals surface area contributed by atoms with Gasteiger partial charge in [-0.15, -0.1) is 11.8 Å². The Morgan fingerprint density at radius 3 is 1.79 bits per heavy atom. The number of nitrogens with one attached hydrogen (secondary N) is 1. The number of rotatable bonds is 19. The maximum Gasteiger partial charge on any atom is 0.500 e. The van der Waals surface area contributed by atoms with E-state index >= 15 is 0 Å². The standard InChI is InChI=1S/C19H46N2O5SSi2/c1-10-21(11-2)19(27-12-3,15-13-17-28(9,22-4)23-5)20-16-14-18-29(24-6,25-7)26-8/h20H,10-18H2,1-9H3. The average molecular weight is 471 g/mol. The number of nitrogens with zero attached hydrogens (tertiary/aromatic N) is 1. The minimum atomic E-state index is -2.52. The van der Waals surface area contributed by atoms with Crippen LogP contribution in [0.15, 0.2) is 0 Å². The van der Waals surface area contributed by atoms with Gasteiger partial charge in [-0.1, -0.05) is 20.8 Å². The van der Waals surface area contributed by atoms with E-state index < -0.39 is 17.4 Å². The van der Waals surface area contributed by atoms with E-state index in [1.807, 2.05) is 11.8 Å². The van der Waals surface area contributed by atoms with Crippen LogP contribution in [-0.2, 0) is 22.1 Å². The molecule has 1 N–H and O–H groups in total. The molecule has 0 radical (unpaired) electrons. The van der Waals surface area contributed by atoms with E-state index in [0.717, 1.165) is 56.7 Å². The zero-order valence-electron chi connectivity index (χ0n) is 20.3. The first kappa shape index (κ1) is 29.5. The van der Waals surface area contributed by atoms with Crippen molar-refractivity contribution in [3.05, 3.63) is 0 Å². The van der Waals surface area contributed by atoms with E-state index in [9.17, 15) is 0 Å². The van der Waals surface area contributed by atoms with Gasteiger partial charge < -0.3 is 22.1 Å². The van der Waals surface area contributed by atoms with E-state index in [-0.39, 0.29) is 4.99 Å².